The number of benzene rings is 1. The predicted molar refractivity (Wildman–Crippen MR) is 70.8 cm³/mol. The summed E-state index contributed by atoms with van der Waals surface area (Å²) in [6.07, 6.45) is 1.53. The molecule has 0 atom stereocenters. The molecule has 2 rings (SSSR count). The average Bonchev–Trinajstić information content (AvgIpc) is 2.38. The van der Waals surface area contributed by atoms with E-state index in [0.717, 1.165) is 12.8 Å². The minimum atomic E-state index is -0.000461. The fourth-order valence-electron chi connectivity index (χ4n) is 2.29. The van der Waals surface area contributed by atoms with Gasteiger partial charge in [0.1, 0.15) is 5.78 Å². The topological polar surface area (TPSA) is 37.4 Å². The molecule has 0 N–H and O–H groups in total. The number of rotatable bonds is 2. The zero-order chi connectivity index (χ0) is 13.1. The van der Waals surface area contributed by atoms with E-state index in [2.05, 4.69) is 0 Å². The van der Waals surface area contributed by atoms with Gasteiger partial charge in [0.05, 0.1) is 0 Å². The largest absolute Gasteiger partial charge is 0.339 e. The van der Waals surface area contributed by atoms with Crippen molar-refractivity contribution in [1.82, 2.24) is 4.90 Å². The maximum atomic E-state index is 12.2. The van der Waals surface area contributed by atoms with Gasteiger partial charge in [-0.2, -0.15) is 0 Å². The highest BCUT2D eigenvalue weighted by atomic mass is 35.5. The Morgan fingerprint density at radius 3 is 2.50 bits per heavy atom. The van der Waals surface area contributed by atoms with Crippen molar-refractivity contribution in [1.29, 1.82) is 0 Å². The van der Waals surface area contributed by atoms with Gasteiger partial charge in [-0.25, -0.2) is 0 Å². The number of amides is 1. The highest BCUT2D eigenvalue weighted by Gasteiger charge is 2.25. The van der Waals surface area contributed by atoms with Crippen molar-refractivity contribution in [3.05, 3.63) is 34.9 Å². The van der Waals surface area contributed by atoms with Crippen LogP contribution in [0.2, 0.25) is 5.02 Å². The lowest BCUT2D eigenvalue weighted by atomic mass is 9.93. The van der Waals surface area contributed by atoms with Gasteiger partial charge in [-0.1, -0.05) is 17.7 Å². The van der Waals surface area contributed by atoms with Gasteiger partial charge in [0.25, 0.3) is 5.91 Å². The van der Waals surface area contributed by atoms with Crippen LogP contribution >= 0.6 is 11.6 Å². The van der Waals surface area contributed by atoms with Crippen LogP contribution in [0.25, 0.3) is 0 Å². The Morgan fingerprint density at radius 2 is 1.94 bits per heavy atom. The molecule has 1 amide bonds. The summed E-state index contributed by atoms with van der Waals surface area (Å²) in [6.45, 7) is 2.92. The van der Waals surface area contributed by atoms with Gasteiger partial charge in [-0.05, 0) is 38.0 Å². The number of carbonyl (C=O) groups is 2. The minimum Gasteiger partial charge on any atom is -0.339 e. The number of carbonyl (C=O) groups excluding carboxylic acids is 2. The first-order chi connectivity index (χ1) is 8.58. The number of hydrogen-bond donors (Lipinski definition) is 0. The van der Waals surface area contributed by atoms with Gasteiger partial charge in [-0.3, -0.25) is 9.59 Å². The summed E-state index contributed by atoms with van der Waals surface area (Å²) in [5.41, 5.74) is 0.615. The van der Waals surface area contributed by atoms with Gasteiger partial charge < -0.3 is 4.90 Å². The number of hydrogen-bond acceptors (Lipinski definition) is 2. The zero-order valence-corrected chi connectivity index (χ0v) is 11.1. The molecule has 3 nitrogen and oxygen atoms in total. The Kier molecular flexibility index (Phi) is 4.02. The van der Waals surface area contributed by atoms with E-state index in [9.17, 15) is 9.59 Å². The van der Waals surface area contributed by atoms with Crippen molar-refractivity contribution >= 4 is 23.3 Å². The van der Waals surface area contributed by atoms with Crippen LogP contribution in [0, 0.1) is 5.92 Å². The Morgan fingerprint density at radius 1 is 1.28 bits per heavy atom. The summed E-state index contributed by atoms with van der Waals surface area (Å²) in [5, 5.41) is 0.569. The molecule has 96 valence electrons. The Labute approximate surface area is 112 Å². The third kappa shape index (κ3) is 2.91. The maximum Gasteiger partial charge on any atom is 0.253 e. The first-order valence-electron chi connectivity index (χ1n) is 6.13. The van der Waals surface area contributed by atoms with Crippen molar-refractivity contribution in [3.8, 4) is 0 Å². The summed E-state index contributed by atoms with van der Waals surface area (Å²) in [5.74, 6) is 0.345. The molecule has 1 heterocycles. The molecule has 0 aliphatic carbocycles. The van der Waals surface area contributed by atoms with Gasteiger partial charge >= 0.3 is 0 Å². The van der Waals surface area contributed by atoms with E-state index in [-0.39, 0.29) is 17.6 Å². The quantitative estimate of drug-likeness (QED) is 0.825. The number of halogens is 1. The highest BCUT2D eigenvalue weighted by Crippen LogP contribution is 2.20. The molecule has 0 saturated carbocycles. The van der Waals surface area contributed by atoms with Crippen LogP contribution in [0.3, 0.4) is 0 Å². The Hall–Kier alpha value is -1.35. The molecule has 1 aliphatic rings. The first kappa shape index (κ1) is 13.1. The van der Waals surface area contributed by atoms with Gasteiger partial charge in [0.15, 0.2) is 0 Å². The van der Waals surface area contributed by atoms with Gasteiger partial charge in [0.2, 0.25) is 0 Å². The molecule has 0 aromatic heterocycles. The molecule has 0 bridgehead atoms. The minimum absolute atomic E-state index is 0.000461. The molecule has 18 heavy (non-hydrogen) atoms. The fourth-order valence-corrected chi connectivity index (χ4v) is 2.48. The van der Waals surface area contributed by atoms with Crippen molar-refractivity contribution in [2.45, 2.75) is 19.8 Å². The van der Waals surface area contributed by atoms with Crippen LogP contribution in [0.5, 0.6) is 0 Å². The van der Waals surface area contributed by atoms with E-state index in [1.54, 1.807) is 36.1 Å². The summed E-state index contributed by atoms with van der Waals surface area (Å²) in [6, 6.07) is 6.98. The second kappa shape index (κ2) is 5.53. The number of piperidine rings is 1. The second-order valence-electron chi connectivity index (χ2n) is 4.69. The van der Waals surface area contributed by atoms with Gasteiger partial charge in [-0.15, -0.1) is 0 Å². The molecular weight excluding hydrogens is 250 g/mol. The Bertz CT molecular complexity index is 465. The third-order valence-electron chi connectivity index (χ3n) is 3.43. The van der Waals surface area contributed by atoms with Crippen molar-refractivity contribution in [3.63, 3.8) is 0 Å². The van der Waals surface area contributed by atoms with E-state index < -0.39 is 0 Å². The monoisotopic (exact) mass is 265 g/mol. The smallest absolute Gasteiger partial charge is 0.253 e. The van der Waals surface area contributed by atoms with Crippen LogP contribution in [0.15, 0.2) is 24.3 Å². The predicted octanol–water partition coefficient (Wildman–Crippen LogP) is 2.78. The van der Waals surface area contributed by atoms with Crippen LogP contribution in [0.4, 0.5) is 0 Å². The number of likely N-dealkylation sites (tertiary alicyclic amines) is 1. The van der Waals surface area contributed by atoms with E-state index in [0.29, 0.717) is 23.7 Å². The molecule has 1 saturated heterocycles. The van der Waals surface area contributed by atoms with Crippen LogP contribution in [-0.2, 0) is 4.79 Å². The summed E-state index contributed by atoms with van der Waals surface area (Å²) >= 11 is 5.88. The third-order valence-corrected chi connectivity index (χ3v) is 3.66. The van der Waals surface area contributed by atoms with E-state index >= 15 is 0 Å². The van der Waals surface area contributed by atoms with Crippen molar-refractivity contribution < 1.29 is 9.59 Å². The molecule has 1 aliphatic heterocycles. The van der Waals surface area contributed by atoms with E-state index in [1.165, 1.54) is 0 Å². The van der Waals surface area contributed by atoms with E-state index in [4.69, 9.17) is 11.6 Å². The summed E-state index contributed by atoms with van der Waals surface area (Å²) in [4.78, 5) is 25.3. The molecule has 1 aromatic rings. The zero-order valence-electron chi connectivity index (χ0n) is 10.4. The SMILES string of the molecule is CC(=O)C1CCN(C(=O)c2cccc(Cl)c2)CC1. The van der Waals surface area contributed by atoms with E-state index in [1.807, 2.05) is 0 Å². The van der Waals surface area contributed by atoms with Gasteiger partial charge in [0, 0.05) is 29.6 Å². The number of nitrogens with zero attached hydrogens (tertiary/aromatic N) is 1. The fraction of sp³-hybridized carbons (Fsp3) is 0.429. The van der Waals surface area contributed by atoms with Crippen molar-refractivity contribution in [2.75, 3.05) is 13.1 Å². The lowest BCUT2D eigenvalue weighted by molar-refractivity contribution is -0.121. The molecule has 4 heteroatoms. The number of ketones is 1. The van der Waals surface area contributed by atoms with Crippen molar-refractivity contribution in [2.24, 2.45) is 5.92 Å². The first-order valence-corrected chi connectivity index (χ1v) is 6.51. The number of Topliss-reactive ketones (excluding diaryl/α,β-unsaturated/α-hetero) is 1. The summed E-state index contributed by atoms with van der Waals surface area (Å²) in [7, 11) is 0. The Balaban J connectivity index is 2.02. The molecular formula is C14H16ClNO2. The lowest BCUT2D eigenvalue weighted by Gasteiger charge is -2.30. The molecule has 1 fully saturated rings. The molecule has 0 spiro atoms. The average molecular weight is 266 g/mol. The maximum absolute atomic E-state index is 12.2. The van der Waals surface area contributed by atoms with Crippen LogP contribution in [-0.4, -0.2) is 29.7 Å². The highest BCUT2D eigenvalue weighted by molar-refractivity contribution is 6.30. The normalized spacial score (nSPS) is 16.7. The molecule has 0 radical (unpaired) electrons. The van der Waals surface area contributed by atoms with Crippen LogP contribution < -0.4 is 0 Å². The second-order valence-corrected chi connectivity index (χ2v) is 5.12. The lowest BCUT2D eigenvalue weighted by Crippen LogP contribution is -2.39. The molecule has 0 unspecified atom stereocenters. The molecule has 1 aromatic carbocycles. The summed E-state index contributed by atoms with van der Waals surface area (Å²) < 4.78 is 0. The standard InChI is InChI=1S/C14H16ClNO2/c1-10(17)11-5-7-16(8-6-11)14(18)12-3-2-4-13(15)9-12/h2-4,9,11H,5-8H2,1H3. The van der Waals surface area contributed by atoms with Crippen LogP contribution in [0.1, 0.15) is 30.1 Å².